The summed E-state index contributed by atoms with van der Waals surface area (Å²) in [5.74, 6) is 0.0282. The molecule has 1 fully saturated rings. The van der Waals surface area contributed by atoms with Crippen molar-refractivity contribution in [3.8, 4) is 0 Å². The molecule has 0 aromatic carbocycles. The molecule has 4 nitrogen and oxygen atoms in total. The summed E-state index contributed by atoms with van der Waals surface area (Å²) in [6.07, 6.45) is 5.54. The highest BCUT2D eigenvalue weighted by atomic mass is 16.4. The van der Waals surface area contributed by atoms with Gasteiger partial charge in [-0.2, -0.15) is 0 Å². The molecule has 5 atom stereocenters. The third-order valence-corrected chi connectivity index (χ3v) is 4.26. The second-order valence-electron chi connectivity index (χ2n) is 6.01. The molecule has 0 amide bonds. The highest BCUT2D eigenvalue weighted by molar-refractivity contribution is 4.94. The van der Waals surface area contributed by atoms with Crippen molar-refractivity contribution in [3.63, 3.8) is 0 Å². The zero-order chi connectivity index (χ0) is 14.3. The van der Waals surface area contributed by atoms with E-state index in [2.05, 4.69) is 12.2 Å². The molecule has 0 aromatic rings. The normalized spacial score (nSPS) is 35.5. The fourth-order valence-electron chi connectivity index (χ4n) is 2.85. The van der Waals surface area contributed by atoms with Gasteiger partial charge in [-0.05, 0) is 25.3 Å². The van der Waals surface area contributed by atoms with Crippen LogP contribution in [0, 0.1) is 5.92 Å². The van der Waals surface area contributed by atoms with E-state index in [4.69, 9.17) is 0 Å². The minimum Gasteiger partial charge on any atom is -0.390 e. The lowest BCUT2D eigenvalue weighted by atomic mass is 9.80. The molecule has 19 heavy (non-hydrogen) atoms. The van der Waals surface area contributed by atoms with E-state index >= 15 is 0 Å². The molecule has 0 aliphatic heterocycles. The van der Waals surface area contributed by atoms with Gasteiger partial charge in [0.15, 0.2) is 0 Å². The van der Waals surface area contributed by atoms with E-state index in [0.29, 0.717) is 0 Å². The molecule has 114 valence electrons. The topological polar surface area (TPSA) is 72.7 Å². The van der Waals surface area contributed by atoms with E-state index in [1.165, 1.54) is 32.1 Å². The monoisotopic (exact) mass is 273 g/mol. The predicted octanol–water partition coefficient (Wildman–Crippen LogP) is 1.43. The Morgan fingerprint density at radius 2 is 1.53 bits per heavy atom. The van der Waals surface area contributed by atoms with Crippen molar-refractivity contribution in [1.29, 1.82) is 0 Å². The first-order valence-electron chi connectivity index (χ1n) is 7.85. The molecule has 4 N–H and O–H groups in total. The van der Waals surface area contributed by atoms with Crippen LogP contribution in [0.2, 0.25) is 0 Å². The van der Waals surface area contributed by atoms with Gasteiger partial charge in [-0.3, -0.25) is 0 Å². The zero-order valence-corrected chi connectivity index (χ0v) is 12.4. The van der Waals surface area contributed by atoms with E-state index in [1.807, 2.05) is 6.92 Å². The van der Waals surface area contributed by atoms with E-state index in [1.54, 1.807) is 0 Å². The predicted molar refractivity (Wildman–Crippen MR) is 77.0 cm³/mol. The Kier molecular flexibility index (Phi) is 7.91. The Labute approximate surface area is 117 Å². The van der Waals surface area contributed by atoms with Crippen LogP contribution in [0.25, 0.3) is 0 Å². The van der Waals surface area contributed by atoms with Crippen LogP contribution in [-0.4, -0.2) is 46.2 Å². The Hall–Kier alpha value is -0.160. The largest absolute Gasteiger partial charge is 0.390 e. The molecule has 1 saturated carbocycles. The average molecular weight is 273 g/mol. The average Bonchev–Trinajstić information content (AvgIpc) is 2.41. The van der Waals surface area contributed by atoms with Crippen molar-refractivity contribution in [2.45, 2.75) is 83.1 Å². The lowest BCUT2D eigenvalue weighted by Gasteiger charge is -2.39. The van der Waals surface area contributed by atoms with Crippen LogP contribution in [0.15, 0.2) is 0 Å². The summed E-state index contributed by atoms with van der Waals surface area (Å²) >= 11 is 0. The van der Waals surface area contributed by atoms with Crippen molar-refractivity contribution in [1.82, 2.24) is 5.32 Å². The van der Waals surface area contributed by atoms with Gasteiger partial charge < -0.3 is 20.6 Å². The zero-order valence-electron chi connectivity index (χ0n) is 12.4. The van der Waals surface area contributed by atoms with Crippen LogP contribution in [-0.2, 0) is 0 Å². The maximum absolute atomic E-state index is 9.93. The molecule has 0 unspecified atom stereocenters. The number of nitrogens with one attached hydrogen (secondary N) is 1. The SMILES string of the molecule is CCCCCCCCN[C@@H]1C[C@@H](C)[C@@H](O)[C@@H](O)[C@@H]1O. The van der Waals surface area contributed by atoms with E-state index < -0.39 is 18.3 Å². The lowest BCUT2D eigenvalue weighted by Crippen LogP contribution is -2.57. The smallest absolute Gasteiger partial charge is 0.107 e. The van der Waals surface area contributed by atoms with Gasteiger partial charge in [0.1, 0.15) is 6.10 Å². The van der Waals surface area contributed by atoms with Gasteiger partial charge in [-0.15, -0.1) is 0 Å². The van der Waals surface area contributed by atoms with Gasteiger partial charge in [-0.1, -0.05) is 46.0 Å². The van der Waals surface area contributed by atoms with Crippen molar-refractivity contribution in [2.75, 3.05) is 6.54 Å². The third-order valence-electron chi connectivity index (χ3n) is 4.26. The highest BCUT2D eigenvalue weighted by Gasteiger charge is 2.40. The minimum atomic E-state index is -1.02. The van der Waals surface area contributed by atoms with Gasteiger partial charge in [0.2, 0.25) is 0 Å². The molecular weight excluding hydrogens is 242 g/mol. The van der Waals surface area contributed by atoms with Crippen LogP contribution >= 0.6 is 0 Å². The standard InChI is InChI=1S/C15H31NO3/c1-3-4-5-6-7-8-9-16-12-10-11(2)13(17)15(19)14(12)18/h11-19H,3-10H2,1-2H3/t11-,12-,13-,14-,15-/m1/s1. The summed E-state index contributed by atoms with van der Waals surface area (Å²) in [5, 5.41) is 32.7. The van der Waals surface area contributed by atoms with Crippen LogP contribution in [0.5, 0.6) is 0 Å². The first-order valence-corrected chi connectivity index (χ1v) is 7.85. The van der Waals surface area contributed by atoms with Crippen molar-refractivity contribution >= 4 is 0 Å². The molecular formula is C15H31NO3. The number of unbranched alkanes of at least 4 members (excludes halogenated alkanes) is 5. The fourth-order valence-corrected chi connectivity index (χ4v) is 2.85. The summed E-state index contributed by atoms with van der Waals surface area (Å²) in [6, 6.07) is -0.0935. The van der Waals surface area contributed by atoms with Gasteiger partial charge >= 0.3 is 0 Å². The number of hydrogen-bond donors (Lipinski definition) is 4. The van der Waals surface area contributed by atoms with E-state index in [-0.39, 0.29) is 12.0 Å². The molecule has 0 saturated heterocycles. The van der Waals surface area contributed by atoms with E-state index in [0.717, 1.165) is 19.4 Å². The molecule has 0 bridgehead atoms. The lowest BCUT2D eigenvalue weighted by molar-refractivity contribution is -0.119. The first kappa shape index (κ1) is 16.9. The second-order valence-corrected chi connectivity index (χ2v) is 6.01. The van der Waals surface area contributed by atoms with E-state index in [9.17, 15) is 15.3 Å². The Bertz CT molecular complexity index is 237. The first-order chi connectivity index (χ1) is 9.07. The van der Waals surface area contributed by atoms with Crippen molar-refractivity contribution in [3.05, 3.63) is 0 Å². The minimum absolute atomic E-state index is 0.0282. The van der Waals surface area contributed by atoms with Crippen LogP contribution in [0.3, 0.4) is 0 Å². The molecule has 1 rings (SSSR count). The molecule has 1 aliphatic carbocycles. The van der Waals surface area contributed by atoms with Gasteiger partial charge in [0, 0.05) is 6.04 Å². The molecule has 0 radical (unpaired) electrons. The van der Waals surface area contributed by atoms with Gasteiger partial charge in [0.05, 0.1) is 12.2 Å². The Morgan fingerprint density at radius 1 is 0.895 bits per heavy atom. The Balaban J connectivity index is 2.15. The molecule has 1 aliphatic rings. The number of aliphatic hydroxyl groups is 3. The summed E-state index contributed by atoms with van der Waals surface area (Å²) in [6.45, 7) is 5.01. The van der Waals surface area contributed by atoms with Crippen LogP contribution in [0.1, 0.15) is 58.8 Å². The maximum Gasteiger partial charge on any atom is 0.107 e. The van der Waals surface area contributed by atoms with Gasteiger partial charge in [0.25, 0.3) is 0 Å². The molecule has 4 heteroatoms. The second kappa shape index (κ2) is 8.90. The quantitative estimate of drug-likeness (QED) is 0.505. The molecule has 0 spiro atoms. The third kappa shape index (κ3) is 5.38. The van der Waals surface area contributed by atoms with Gasteiger partial charge in [-0.25, -0.2) is 0 Å². The van der Waals surface area contributed by atoms with Crippen LogP contribution in [0.4, 0.5) is 0 Å². The summed E-state index contributed by atoms with van der Waals surface area (Å²) < 4.78 is 0. The summed E-state index contributed by atoms with van der Waals surface area (Å²) in [5.41, 5.74) is 0. The number of hydrogen-bond acceptors (Lipinski definition) is 4. The maximum atomic E-state index is 9.93. The fraction of sp³-hybridized carbons (Fsp3) is 1.00. The Morgan fingerprint density at radius 3 is 2.21 bits per heavy atom. The van der Waals surface area contributed by atoms with Crippen LogP contribution < -0.4 is 5.32 Å². The molecule has 0 heterocycles. The highest BCUT2D eigenvalue weighted by Crippen LogP contribution is 2.25. The molecule has 0 aromatic heterocycles. The summed E-state index contributed by atoms with van der Waals surface area (Å²) in [4.78, 5) is 0. The summed E-state index contributed by atoms with van der Waals surface area (Å²) in [7, 11) is 0. The van der Waals surface area contributed by atoms with Crippen molar-refractivity contribution in [2.24, 2.45) is 5.92 Å². The number of rotatable bonds is 8. The van der Waals surface area contributed by atoms with Crippen molar-refractivity contribution < 1.29 is 15.3 Å². The number of aliphatic hydroxyl groups excluding tert-OH is 3.